The lowest BCUT2D eigenvalue weighted by Gasteiger charge is -2.18. The third-order valence-corrected chi connectivity index (χ3v) is 4.59. The Labute approximate surface area is 141 Å². The number of ether oxygens (including phenoxy) is 1. The van der Waals surface area contributed by atoms with Crippen molar-refractivity contribution >= 4 is 21.9 Å². The van der Waals surface area contributed by atoms with Crippen molar-refractivity contribution in [2.45, 2.75) is 18.7 Å². The Bertz CT molecular complexity index is 718. The predicted molar refractivity (Wildman–Crippen MR) is 85.2 cm³/mol. The zero-order chi connectivity index (χ0) is 18.2. The highest BCUT2D eigenvalue weighted by Gasteiger charge is 2.17. The van der Waals surface area contributed by atoms with Crippen molar-refractivity contribution in [2.75, 3.05) is 26.2 Å². The van der Waals surface area contributed by atoms with Crippen molar-refractivity contribution < 1.29 is 22.7 Å². The number of nitrogens with one attached hydrogen (secondary N) is 1. The number of nitrogens with zero attached hydrogens (tertiary/aromatic N) is 2. The number of esters is 1. The van der Waals surface area contributed by atoms with E-state index in [1.807, 2.05) is 6.07 Å². The molecule has 130 valence electrons. The Morgan fingerprint density at radius 2 is 1.79 bits per heavy atom. The first kappa shape index (κ1) is 19.6. The summed E-state index contributed by atoms with van der Waals surface area (Å²) in [4.78, 5) is 24.7. The smallest absolute Gasteiger partial charge is 0.321 e. The Hall–Kier alpha value is -2.44. The molecule has 0 aromatic heterocycles. The molecule has 8 nitrogen and oxygen atoms in total. The fourth-order valence-corrected chi connectivity index (χ4v) is 2.78. The van der Waals surface area contributed by atoms with Gasteiger partial charge in [0.2, 0.25) is 10.0 Å². The topological polar surface area (TPSA) is 117 Å². The lowest BCUT2D eigenvalue weighted by molar-refractivity contribution is -0.150. The van der Waals surface area contributed by atoms with E-state index in [1.165, 1.54) is 29.2 Å². The van der Waals surface area contributed by atoms with Gasteiger partial charge in [0.1, 0.15) is 6.54 Å². The summed E-state index contributed by atoms with van der Waals surface area (Å²) in [6, 6.07) is 7.11. The van der Waals surface area contributed by atoms with Crippen molar-refractivity contribution in [1.29, 1.82) is 5.26 Å². The number of likely N-dealkylation sites (N-methyl/N-ethyl adjacent to an activating group) is 1. The first-order valence-electron chi connectivity index (χ1n) is 7.27. The van der Waals surface area contributed by atoms with E-state index in [-0.39, 0.29) is 10.8 Å². The minimum absolute atomic E-state index is 0.0754. The summed E-state index contributed by atoms with van der Waals surface area (Å²) in [5.41, 5.74) is 0.322. The maximum atomic E-state index is 12.0. The molecule has 0 aliphatic heterocycles. The van der Waals surface area contributed by atoms with Gasteiger partial charge in [-0.05, 0) is 38.1 Å². The van der Waals surface area contributed by atoms with Crippen LogP contribution in [-0.4, -0.2) is 51.4 Å². The van der Waals surface area contributed by atoms with Crippen LogP contribution in [0, 0.1) is 11.3 Å². The summed E-state index contributed by atoms with van der Waals surface area (Å²) in [5.74, 6) is -1.20. The monoisotopic (exact) mass is 353 g/mol. The molecular formula is C15H19N3O5S. The number of hydrogen-bond acceptors (Lipinski definition) is 6. The van der Waals surface area contributed by atoms with Crippen LogP contribution in [0.2, 0.25) is 0 Å². The fraction of sp³-hybridized carbons (Fsp3) is 0.400. The van der Waals surface area contributed by atoms with Gasteiger partial charge in [0.05, 0.1) is 16.5 Å². The normalized spacial score (nSPS) is 10.7. The van der Waals surface area contributed by atoms with Gasteiger partial charge in [-0.3, -0.25) is 9.59 Å². The van der Waals surface area contributed by atoms with Crippen LogP contribution in [0.25, 0.3) is 0 Å². The van der Waals surface area contributed by atoms with Gasteiger partial charge in [-0.2, -0.15) is 9.98 Å². The molecule has 0 aliphatic rings. The number of hydrogen-bond donors (Lipinski definition) is 1. The van der Waals surface area contributed by atoms with E-state index in [1.54, 1.807) is 13.8 Å². The third-order valence-electron chi connectivity index (χ3n) is 3.17. The average molecular weight is 353 g/mol. The lowest BCUT2D eigenvalue weighted by Crippen LogP contribution is -2.36. The largest absolute Gasteiger partial charge is 0.455 e. The van der Waals surface area contributed by atoms with Crippen molar-refractivity contribution in [3.63, 3.8) is 0 Å². The van der Waals surface area contributed by atoms with Gasteiger partial charge in [0.15, 0.2) is 6.61 Å². The second-order valence-electron chi connectivity index (χ2n) is 4.69. The molecule has 0 aliphatic carbocycles. The van der Waals surface area contributed by atoms with Gasteiger partial charge in [0.25, 0.3) is 5.91 Å². The highest BCUT2D eigenvalue weighted by atomic mass is 32.2. The quantitative estimate of drug-likeness (QED) is 0.670. The molecule has 1 aromatic rings. The summed E-state index contributed by atoms with van der Waals surface area (Å²) >= 11 is 0. The minimum Gasteiger partial charge on any atom is -0.455 e. The van der Waals surface area contributed by atoms with Crippen LogP contribution in [0.4, 0.5) is 0 Å². The molecule has 24 heavy (non-hydrogen) atoms. The summed E-state index contributed by atoms with van der Waals surface area (Å²) in [6.07, 6.45) is 0. The van der Waals surface area contributed by atoms with Crippen molar-refractivity contribution in [1.82, 2.24) is 9.62 Å². The van der Waals surface area contributed by atoms with E-state index in [2.05, 4.69) is 4.72 Å². The summed E-state index contributed by atoms with van der Waals surface area (Å²) < 4.78 is 30.8. The van der Waals surface area contributed by atoms with E-state index in [9.17, 15) is 18.0 Å². The van der Waals surface area contributed by atoms with Crippen LogP contribution in [0.1, 0.15) is 19.4 Å². The number of amides is 1. The molecule has 0 unspecified atom stereocenters. The Kier molecular flexibility index (Phi) is 7.35. The predicted octanol–water partition coefficient (Wildman–Crippen LogP) is 0.248. The number of carbonyl (C=O) groups excluding carboxylic acids is 2. The molecule has 0 saturated carbocycles. The van der Waals surface area contributed by atoms with Gasteiger partial charge < -0.3 is 9.64 Å². The van der Waals surface area contributed by atoms with Gasteiger partial charge in [0, 0.05) is 13.1 Å². The molecule has 0 fully saturated rings. The molecule has 1 amide bonds. The van der Waals surface area contributed by atoms with Crippen molar-refractivity contribution in [3.05, 3.63) is 29.8 Å². The summed E-state index contributed by atoms with van der Waals surface area (Å²) in [5, 5.41) is 8.68. The molecule has 1 aromatic carbocycles. The van der Waals surface area contributed by atoms with Crippen molar-refractivity contribution in [2.24, 2.45) is 0 Å². The Balaban J connectivity index is 2.53. The zero-order valence-corrected chi connectivity index (χ0v) is 14.3. The summed E-state index contributed by atoms with van der Waals surface area (Å²) in [7, 11) is -3.90. The standard InChI is InChI=1S/C15H19N3O5S/c1-3-18(4-2)14(19)11-23-15(20)10-17-24(21,22)13-7-5-12(9-16)6-8-13/h5-8,17H,3-4,10-11H2,1-2H3. The SMILES string of the molecule is CCN(CC)C(=O)COC(=O)CNS(=O)(=O)c1ccc(C#N)cc1. The number of carbonyl (C=O) groups is 2. The zero-order valence-electron chi connectivity index (χ0n) is 13.5. The van der Waals surface area contributed by atoms with Gasteiger partial charge in [-0.15, -0.1) is 0 Å². The van der Waals surface area contributed by atoms with Gasteiger partial charge >= 0.3 is 5.97 Å². The van der Waals surface area contributed by atoms with Crippen LogP contribution in [0.3, 0.4) is 0 Å². The van der Waals surface area contributed by atoms with E-state index < -0.39 is 29.1 Å². The minimum atomic E-state index is -3.90. The molecule has 0 bridgehead atoms. The molecule has 0 spiro atoms. The van der Waals surface area contributed by atoms with Gasteiger partial charge in [-0.25, -0.2) is 8.42 Å². The maximum absolute atomic E-state index is 12.0. The molecule has 1 N–H and O–H groups in total. The van der Waals surface area contributed by atoms with E-state index >= 15 is 0 Å². The first-order valence-corrected chi connectivity index (χ1v) is 8.75. The molecule has 1 rings (SSSR count). The molecule has 0 radical (unpaired) electrons. The average Bonchev–Trinajstić information content (AvgIpc) is 2.59. The van der Waals surface area contributed by atoms with E-state index in [4.69, 9.17) is 10.00 Å². The lowest BCUT2D eigenvalue weighted by atomic mass is 10.2. The second-order valence-corrected chi connectivity index (χ2v) is 6.45. The fourth-order valence-electron chi connectivity index (χ4n) is 1.81. The molecule has 9 heteroatoms. The third kappa shape index (κ3) is 5.64. The molecule has 0 saturated heterocycles. The molecular weight excluding hydrogens is 334 g/mol. The Morgan fingerprint density at radius 1 is 1.21 bits per heavy atom. The van der Waals surface area contributed by atoms with Crippen LogP contribution in [-0.2, 0) is 24.3 Å². The summed E-state index contributed by atoms with van der Waals surface area (Å²) in [6.45, 7) is 3.58. The van der Waals surface area contributed by atoms with Crippen LogP contribution >= 0.6 is 0 Å². The van der Waals surface area contributed by atoms with E-state index in [0.29, 0.717) is 18.7 Å². The number of rotatable bonds is 8. The molecule has 0 heterocycles. The Morgan fingerprint density at radius 3 is 2.29 bits per heavy atom. The highest BCUT2D eigenvalue weighted by Crippen LogP contribution is 2.09. The van der Waals surface area contributed by atoms with Crippen LogP contribution < -0.4 is 4.72 Å². The van der Waals surface area contributed by atoms with Crippen LogP contribution in [0.15, 0.2) is 29.2 Å². The maximum Gasteiger partial charge on any atom is 0.321 e. The molecule has 0 atom stereocenters. The van der Waals surface area contributed by atoms with E-state index in [0.717, 1.165) is 0 Å². The van der Waals surface area contributed by atoms with Gasteiger partial charge in [-0.1, -0.05) is 0 Å². The van der Waals surface area contributed by atoms with Crippen molar-refractivity contribution in [3.8, 4) is 6.07 Å². The second kappa shape index (κ2) is 9.00. The number of sulfonamides is 1. The highest BCUT2D eigenvalue weighted by molar-refractivity contribution is 7.89. The number of benzene rings is 1. The first-order chi connectivity index (χ1) is 11.3. The number of nitriles is 1. The van der Waals surface area contributed by atoms with Crippen LogP contribution in [0.5, 0.6) is 0 Å².